The number of hydrogen-bond acceptors (Lipinski definition) is 7. The standard InChI is InChI=1S/C29H40N4O4SSi/c1-28(2,3)37-27(35)32-23(14-17-36-39(7,8)29(4,5)6)25(34)33-26-31-24(19-38-26)22-11-9-10-21(18-22)20-12-15-30-16-13-20/h9-13,15-16,18-19,23H,14,17H2,1-8H3,(H,32,35)(H,31,33,34). The first-order chi connectivity index (χ1) is 18.1. The van der Waals surface area contributed by atoms with Crippen LogP contribution in [-0.2, 0) is 14.0 Å². The number of alkyl carbamates (subject to hydrolysis) is 1. The number of nitrogens with zero attached hydrogens (tertiary/aromatic N) is 2. The number of anilines is 1. The molecule has 0 spiro atoms. The van der Waals surface area contributed by atoms with Crippen LogP contribution in [0.25, 0.3) is 22.4 Å². The maximum Gasteiger partial charge on any atom is 0.408 e. The van der Waals surface area contributed by atoms with Crippen LogP contribution in [0.4, 0.5) is 9.93 Å². The first kappa shape index (κ1) is 30.5. The third-order valence-corrected chi connectivity index (χ3v) is 11.9. The molecule has 1 unspecified atom stereocenters. The van der Waals surface area contributed by atoms with Crippen molar-refractivity contribution in [2.45, 2.75) is 77.7 Å². The number of carbonyl (C=O) groups excluding carboxylic acids is 2. The van der Waals surface area contributed by atoms with Gasteiger partial charge in [0.05, 0.1) is 5.69 Å². The van der Waals surface area contributed by atoms with E-state index >= 15 is 0 Å². The number of hydrogen-bond donors (Lipinski definition) is 2. The van der Waals surface area contributed by atoms with Crippen LogP contribution in [0.2, 0.25) is 18.1 Å². The van der Waals surface area contributed by atoms with E-state index in [1.54, 1.807) is 33.2 Å². The number of carbonyl (C=O) groups is 2. The molecule has 0 fully saturated rings. The Morgan fingerprint density at radius 3 is 2.31 bits per heavy atom. The molecule has 3 aromatic rings. The van der Waals surface area contributed by atoms with Gasteiger partial charge in [0, 0.05) is 29.9 Å². The highest BCUT2D eigenvalue weighted by Crippen LogP contribution is 2.36. The van der Waals surface area contributed by atoms with Gasteiger partial charge in [0.15, 0.2) is 13.4 Å². The first-order valence-corrected chi connectivity index (χ1v) is 16.8. The van der Waals surface area contributed by atoms with E-state index in [2.05, 4.69) is 60.5 Å². The molecule has 0 saturated heterocycles. The largest absolute Gasteiger partial charge is 0.444 e. The molecule has 1 atom stereocenters. The van der Waals surface area contributed by atoms with Crippen molar-refractivity contribution >= 4 is 36.8 Å². The lowest BCUT2D eigenvalue weighted by atomic mass is 10.0. The van der Waals surface area contributed by atoms with Crippen LogP contribution in [0.5, 0.6) is 0 Å². The third-order valence-electron chi connectivity index (χ3n) is 6.59. The van der Waals surface area contributed by atoms with Crippen molar-refractivity contribution in [1.29, 1.82) is 0 Å². The van der Waals surface area contributed by atoms with Gasteiger partial charge in [0.25, 0.3) is 0 Å². The zero-order valence-corrected chi connectivity index (χ0v) is 25.9. The highest BCUT2D eigenvalue weighted by atomic mass is 32.1. The Labute approximate surface area is 236 Å². The summed E-state index contributed by atoms with van der Waals surface area (Å²) >= 11 is 1.33. The van der Waals surface area contributed by atoms with Crippen LogP contribution < -0.4 is 10.6 Å². The number of benzene rings is 1. The molecule has 0 aliphatic carbocycles. The fourth-order valence-corrected chi connectivity index (χ4v) is 5.21. The predicted octanol–water partition coefficient (Wildman–Crippen LogP) is 7.12. The Hall–Kier alpha value is -3.08. The maximum absolute atomic E-state index is 13.3. The normalized spacial score (nSPS) is 13.0. The molecule has 1 aromatic carbocycles. The van der Waals surface area contributed by atoms with Gasteiger partial charge >= 0.3 is 6.09 Å². The van der Waals surface area contributed by atoms with E-state index in [9.17, 15) is 9.59 Å². The van der Waals surface area contributed by atoms with Gasteiger partial charge in [-0.3, -0.25) is 9.78 Å². The Kier molecular flexibility index (Phi) is 9.68. The molecule has 0 aliphatic heterocycles. The Balaban J connectivity index is 1.72. The minimum absolute atomic E-state index is 0.0370. The van der Waals surface area contributed by atoms with Gasteiger partial charge < -0.3 is 19.8 Å². The summed E-state index contributed by atoms with van der Waals surface area (Å²) in [5.74, 6) is -0.369. The molecular weight excluding hydrogens is 528 g/mol. The van der Waals surface area contributed by atoms with Crippen molar-refractivity contribution in [3.8, 4) is 22.4 Å². The number of aromatic nitrogens is 2. The van der Waals surface area contributed by atoms with Crippen molar-refractivity contribution < 1.29 is 18.8 Å². The second-order valence-corrected chi connectivity index (χ2v) is 17.6. The third kappa shape index (κ3) is 8.98. The fourth-order valence-electron chi connectivity index (χ4n) is 3.43. The fraction of sp³-hybridized carbons (Fsp3) is 0.448. The first-order valence-electron chi connectivity index (χ1n) is 13.1. The number of thiazole rings is 1. The molecule has 10 heteroatoms. The molecule has 0 radical (unpaired) electrons. The topological polar surface area (TPSA) is 102 Å². The highest BCUT2D eigenvalue weighted by molar-refractivity contribution is 7.14. The molecular formula is C29H40N4O4SSi. The molecule has 2 aromatic heterocycles. The van der Waals surface area contributed by atoms with E-state index in [1.807, 2.05) is 35.7 Å². The lowest BCUT2D eigenvalue weighted by Crippen LogP contribution is -2.47. The molecule has 210 valence electrons. The lowest BCUT2D eigenvalue weighted by molar-refractivity contribution is -0.118. The van der Waals surface area contributed by atoms with Crippen LogP contribution >= 0.6 is 11.3 Å². The van der Waals surface area contributed by atoms with E-state index in [4.69, 9.17) is 9.16 Å². The van der Waals surface area contributed by atoms with Gasteiger partial charge in [-0.15, -0.1) is 11.3 Å². The van der Waals surface area contributed by atoms with E-state index in [0.29, 0.717) is 18.2 Å². The monoisotopic (exact) mass is 568 g/mol. The minimum atomic E-state index is -2.01. The number of ether oxygens (including phenoxy) is 1. The summed E-state index contributed by atoms with van der Waals surface area (Å²) in [5.41, 5.74) is 3.12. The van der Waals surface area contributed by atoms with Gasteiger partial charge in [-0.2, -0.15) is 0 Å². The molecule has 2 N–H and O–H groups in total. The minimum Gasteiger partial charge on any atom is -0.444 e. The summed E-state index contributed by atoms with van der Waals surface area (Å²) < 4.78 is 11.7. The molecule has 2 amide bonds. The molecule has 0 bridgehead atoms. The van der Waals surface area contributed by atoms with Crippen molar-refractivity contribution in [2.24, 2.45) is 0 Å². The molecule has 0 saturated carbocycles. The second-order valence-electron chi connectivity index (χ2n) is 11.9. The number of rotatable bonds is 9. The number of amides is 2. The molecule has 39 heavy (non-hydrogen) atoms. The number of nitrogens with one attached hydrogen (secondary N) is 2. The quantitative estimate of drug-likeness (QED) is 0.267. The van der Waals surface area contributed by atoms with Crippen molar-refractivity contribution in [3.63, 3.8) is 0 Å². The van der Waals surface area contributed by atoms with Crippen LogP contribution in [0.15, 0.2) is 54.2 Å². The van der Waals surface area contributed by atoms with E-state index < -0.39 is 26.1 Å². The van der Waals surface area contributed by atoms with Crippen LogP contribution in [0.3, 0.4) is 0 Å². The summed E-state index contributed by atoms with van der Waals surface area (Å²) in [4.78, 5) is 34.5. The Morgan fingerprint density at radius 1 is 1.00 bits per heavy atom. The van der Waals surface area contributed by atoms with E-state index in [1.165, 1.54) is 11.3 Å². The summed E-state index contributed by atoms with van der Waals surface area (Å²) in [5, 5.41) is 7.97. The molecule has 8 nitrogen and oxygen atoms in total. The van der Waals surface area contributed by atoms with Gasteiger partial charge in [-0.05, 0) is 74.7 Å². The maximum atomic E-state index is 13.3. The molecule has 3 rings (SSSR count). The Bertz CT molecular complexity index is 1270. The zero-order valence-electron chi connectivity index (χ0n) is 24.1. The Morgan fingerprint density at radius 2 is 1.67 bits per heavy atom. The average Bonchev–Trinajstić information content (AvgIpc) is 3.30. The SMILES string of the molecule is CC(C)(C)OC(=O)NC(CCO[Si](C)(C)C(C)(C)C)C(=O)Nc1nc(-c2cccc(-c3ccncc3)c2)cs1. The van der Waals surface area contributed by atoms with Crippen LogP contribution in [0, 0.1) is 0 Å². The summed E-state index contributed by atoms with van der Waals surface area (Å²) in [6.07, 6.45) is 3.18. The van der Waals surface area contributed by atoms with Crippen molar-refractivity contribution in [2.75, 3.05) is 11.9 Å². The van der Waals surface area contributed by atoms with Crippen LogP contribution in [-0.4, -0.2) is 48.5 Å². The van der Waals surface area contributed by atoms with E-state index in [0.717, 1.165) is 22.4 Å². The van der Waals surface area contributed by atoms with Gasteiger partial charge in [0.2, 0.25) is 5.91 Å². The summed E-state index contributed by atoms with van der Waals surface area (Å²) in [7, 11) is -2.01. The number of pyridine rings is 1. The molecule has 0 aliphatic rings. The summed E-state index contributed by atoms with van der Waals surface area (Å²) in [6, 6.07) is 11.1. The summed E-state index contributed by atoms with van der Waals surface area (Å²) in [6.45, 7) is 16.5. The zero-order chi connectivity index (χ0) is 28.8. The second kappa shape index (κ2) is 12.4. The van der Waals surface area contributed by atoms with Gasteiger partial charge in [0.1, 0.15) is 11.6 Å². The predicted molar refractivity (Wildman–Crippen MR) is 160 cm³/mol. The lowest BCUT2D eigenvalue weighted by Gasteiger charge is -2.36. The van der Waals surface area contributed by atoms with Gasteiger partial charge in [-0.1, -0.05) is 39.0 Å². The van der Waals surface area contributed by atoms with E-state index in [-0.39, 0.29) is 10.9 Å². The average molecular weight is 569 g/mol. The van der Waals surface area contributed by atoms with Crippen molar-refractivity contribution in [3.05, 3.63) is 54.2 Å². The van der Waals surface area contributed by atoms with Crippen LogP contribution in [0.1, 0.15) is 48.0 Å². The van der Waals surface area contributed by atoms with Gasteiger partial charge in [-0.25, -0.2) is 9.78 Å². The highest BCUT2D eigenvalue weighted by Gasteiger charge is 2.37. The smallest absolute Gasteiger partial charge is 0.408 e. The van der Waals surface area contributed by atoms with Crippen molar-refractivity contribution in [1.82, 2.24) is 15.3 Å². The molecule has 2 heterocycles.